The Hall–Kier alpha value is -1.18. The minimum Gasteiger partial charge on any atom is -0.461 e. The summed E-state index contributed by atoms with van der Waals surface area (Å²) >= 11 is 0. The van der Waals surface area contributed by atoms with Crippen molar-refractivity contribution in [3.63, 3.8) is 0 Å². The van der Waals surface area contributed by atoms with Crippen LogP contribution in [0, 0.1) is 23.7 Å². The molecule has 6 saturated heterocycles. The van der Waals surface area contributed by atoms with Gasteiger partial charge in [0.2, 0.25) is 0 Å². The number of esters is 2. The topological polar surface area (TPSA) is 85.3 Å². The summed E-state index contributed by atoms with van der Waals surface area (Å²) in [5.74, 6) is -0.910. The molecule has 6 heterocycles. The van der Waals surface area contributed by atoms with Crippen molar-refractivity contribution in [2.45, 2.75) is 94.5 Å². The fourth-order valence-electron chi connectivity index (χ4n) is 8.19. The van der Waals surface area contributed by atoms with Crippen molar-refractivity contribution in [3.8, 4) is 0 Å². The highest BCUT2D eigenvalue weighted by atomic mass is 16.6. The van der Waals surface area contributed by atoms with E-state index in [1.54, 1.807) is 0 Å². The molecule has 0 aromatic carbocycles. The van der Waals surface area contributed by atoms with Crippen molar-refractivity contribution in [1.82, 2.24) is 4.90 Å². The molecule has 10 atom stereocenters. The average molecular weight is 405 g/mol. The number of rotatable bonds is 2. The van der Waals surface area contributed by atoms with Gasteiger partial charge < -0.3 is 19.3 Å². The molecule has 7 nitrogen and oxygen atoms in total. The van der Waals surface area contributed by atoms with Crippen LogP contribution >= 0.6 is 0 Å². The van der Waals surface area contributed by atoms with Crippen molar-refractivity contribution in [1.29, 1.82) is 0 Å². The molecule has 0 radical (unpaired) electrons. The summed E-state index contributed by atoms with van der Waals surface area (Å²) in [6.07, 6.45) is 4.38. The number of hydrogen-bond acceptors (Lipinski definition) is 7. The molecule has 0 amide bonds. The molecule has 10 unspecified atom stereocenters. The Morgan fingerprint density at radius 2 is 1.93 bits per heavy atom. The van der Waals surface area contributed by atoms with Crippen LogP contribution in [0.5, 0.6) is 0 Å². The maximum absolute atomic E-state index is 12.6. The van der Waals surface area contributed by atoms with Crippen molar-refractivity contribution in [3.05, 3.63) is 0 Å². The van der Waals surface area contributed by atoms with Crippen LogP contribution in [-0.4, -0.2) is 63.7 Å². The first kappa shape index (κ1) is 18.6. The van der Waals surface area contributed by atoms with Gasteiger partial charge in [0, 0.05) is 24.8 Å². The molecule has 7 heteroatoms. The molecule has 2 bridgehead atoms. The Morgan fingerprint density at radius 1 is 1.14 bits per heavy atom. The van der Waals surface area contributed by atoms with Crippen molar-refractivity contribution >= 4 is 11.9 Å². The van der Waals surface area contributed by atoms with Gasteiger partial charge in [0.15, 0.2) is 5.72 Å². The molecule has 7 fully saturated rings. The molecule has 1 aliphatic carbocycles. The van der Waals surface area contributed by atoms with Crippen LogP contribution in [0.3, 0.4) is 0 Å². The van der Waals surface area contributed by atoms with Crippen LogP contribution < -0.4 is 0 Å². The van der Waals surface area contributed by atoms with Gasteiger partial charge in [-0.25, -0.2) is 0 Å². The van der Waals surface area contributed by atoms with Gasteiger partial charge in [0.1, 0.15) is 23.4 Å². The first-order valence-corrected chi connectivity index (χ1v) is 11.4. The van der Waals surface area contributed by atoms with Crippen molar-refractivity contribution in [2.75, 3.05) is 6.54 Å². The molecule has 1 saturated carbocycles. The van der Waals surface area contributed by atoms with Crippen LogP contribution in [0.25, 0.3) is 0 Å². The van der Waals surface area contributed by atoms with Gasteiger partial charge in [-0.05, 0) is 32.1 Å². The largest absolute Gasteiger partial charge is 0.461 e. The lowest BCUT2D eigenvalue weighted by molar-refractivity contribution is -0.487. The number of aliphatic hydroxyl groups is 1. The summed E-state index contributed by atoms with van der Waals surface area (Å²) in [4.78, 5) is 27.0. The predicted octanol–water partition coefficient (Wildman–Crippen LogP) is 1.61. The highest BCUT2D eigenvalue weighted by molar-refractivity contribution is 5.76. The zero-order chi connectivity index (χ0) is 20.3. The molecule has 160 valence electrons. The number of cyclic esters (lactones) is 1. The van der Waals surface area contributed by atoms with E-state index in [1.807, 2.05) is 13.8 Å². The third-order valence-corrected chi connectivity index (χ3v) is 9.25. The van der Waals surface area contributed by atoms with Gasteiger partial charge in [-0.3, -0.25) is 14.5 Å². The summed E-state index contributed by atoms with van der Waals surface area (Å²) in [7, 11) is 0. The minimum absolute atomic E-state index is 0.0160. The lowest BCUT2D eigenvalue weighted by Gasteiger charge is -2.75. The fourth-order valence-corrected chi connectivity index (χ4v) is 8.19. The molecule has 0 aromatic heterocycles. The maximum atomic E-state index is 12.6. The number of nitrogens with zero attached hydrogens (tertiary/aromatic N) is 1. The number of carbonyl (C=O) groups excluding carboxylic acids is 2. The number of hydrogen-bond donors (Lipinski definition) is 1. The van der Waals surface area contributed by atoms with Gasteiger partial charge in [0.25, 0.3) is 0 Å². The molecule has 7 aliphatic rings. The Morgan fingerprint density at radius 3 is 2.62 bits per heavy atom. The quantitative estimate of drug-likeness (QED) is 0.699. The second-order valence-electron chi connectivity index (χ2n) is 10.3. The van der Waals surface area contributed by atoms with Gasteiger partial charge in [-0.2, -0.15) is 0 Å². The molecule has 1 N–H and O–H groups in total. The maximum Gasteiger partial charge on any atom is 0.309 e. The molecular weight excluding hydrogens is 374 g/mol. The number of carbonyl (C=O) groups is 2. The molecule has 29 heavy (non-hydrogen) atoms. The van der Waals surface area contributed by atoms with Crippen LogP contribution in [0.1, 0.15) is 59.3 Å². The first-order chi connectivity index (χ1) is 13.8. The van der Waals surface area contributed by atoms with E-state index in [-0.39, 0.29) is 53.9 Å². The van der Waals surface area contributed by atoms with E-state index in [0.717, 1.165) is 32.2 Å². The summed E-state index contributed by atoms with van der Waals surface area (Å²) in [6.45, 7) is 6.70. The van der Waals surface area contributed by atoms with E-state index in [9.17, 15) is 14.7 Å². The second-order valence-corrected chi connectivity index (χ2v) is 10.3. The molecule has 6 aliphatic heterocycles. The Balaban J connectivity index is 1.49. The minimum atomic E-state index is -1.12. The monoisotopic (exact) mass is 405 g/mol. The van der Waals surface area contributed by atoms with Crippen LogP contribution in [0.2, 0.25) is 0 Å². The normalized spacial score (nSPS) is 58.1. The smallest absolute Gasteiger partial charge is 0.309 e. The first-order valence-electron chi connectivity index (χ1n) is 11.4. The summed E-state index contributed by atoms with van der Waals surface area (Å²) in [5, 5.41) is 12.5. The van der Waals surface area contributed by atoms with Crippen LogP contribution in [-0.2, 0) is 23.8 Å². The predicted molar refractivity (Wildman–Crippen MR) is 100 cm³/mol. The highest BCUT2D eigenvalue weighted by Crippen LogP contribution is 2.75. The molecule has 2 spiro atoms. The summed E-state index contributed by atoms with van der Waals surface area (Å²) in [5.41, 5.74) is -2.64. The van der Waals surface area contributed by atoms with Crippen LogP contribution in [0.15, 0.2) is 0 Å². The zero-order valence-corrected chi connectivity index (χ0v) is 17.4. The van der Waals surface area contributed by atoms with E-state index in [0.29, 0.717) is 12.8 Å². The third-order valence-electron chi connectivity index (χ3n) is 9.25. The number of ether oxygens (including phenoxy) is 3. The standard InChI is InChI=1S/C22H31NO6/c1-4-13-17-16(12(3)19(25)28-17)21-10-14(15-9-11(2)18(24)27-15)23-8-6-5-7-20(13,29-21)22(21,23)26/h11-17,26H,4-10H2,1-3H3. The summed E-state index contributed by atoms with van der Waals surface area (Å²) < 4.78 is 18.5. The lowest BCUT2D eigenvalue weighted by atomic mass is 9.48. The molecule has 7 rings (SSSR count). The lowest BCUT2D eigenvalue weighted by Crippen LogP contribution is -2.92. The second kappa shape index (κ2) is 5.54. The zero-order valence-electron chi connectivity index (χ0n) is 17.4. The fraction of sp³-hybridized carbons (Fsp3) is 0.909. The molecular formula is C22H31NO6. The third kappa shape index (κ3) is 1.80. The Labute approximate surface area is 171 Å². The van der Waals surface area contributed by atoms with E-state index in [1.165, 1.54) is 0 Å². The van der Waals surface area contributed by atoms with Crippen LogP contribution in [0.4, 0.5) is 0 Å². The van der Waals surface area contributed by atoms with Gasteiger partial charge in [-0.15, -0.1) is 0 Å². The van der Waals surface area contributed by atoms with E-state index < -0.39 is 16.9 Å². The van der Waals surface area contributed by atoms with E-state index in [4.69, 9.17) is 14.2 Å². The SMILES string of the molecule is CCC1C2OC(=O)C(C)C2C23CC(C4CC(C)C(=O)O4)N4CCCCC1(O2)C43O. The van der Waals surface area contributed by atoms with Gasteiger partial charge in [0.05, 0.1) is 17.9 Å². The Kier molecular flexibility index (Phi) is 3.55. The van der Waals surface area contributed by atoms with Crippen molar-refractivity contribution in [2.24, 2.45) is 23.7 Å². The summed E-state index contributed by atoms with van der Waals surface area (Å²) in [6, 6.07) is -0.0759. The van der Waals surface area contributed by atoms with Gasteiger partial charge >= 0.3 is 11.9 Å². The highest BCUT2D eigenvalue weighted by Gasteiger charge is 2.91. The van der Waals surface area contributed by atoms with Crippen molar-refractivity contribution < 1.29 is 28.9 Å². The molecule has 0 aromatic rings. The Bertz CT molecular complexity index is 787. The van der Waals surface area contributed by atoms with Gasteiger partial charge in [-0.1, -0.05) is 20.8 Å². The van der Waals surface area contributed by atoms with E-state index in [2.05, 4.69) is 11.8 Å². The van der Waals surface area contributed by atoms with E-state index >= 15 is 0 Å². The average Bonchev–Trinajstić information content (AvgIpc) is 3.21.